The van der Waals surface area contributed by atoms with Gasteiger partial charge in [-0.15, -0.1) is 0 Å². The lowest BCUT2D eigenvalue weighted by Gasteiger charge is -2.06. The molecule has 0 unspecified atom stereocenters. The van der Waals surface area contributed by atoms with Gasteiger partial charge in [-0.2, -0.15) is 13.2 Å². The lowest BCUT2D eigenvalue weighted by atomic mass is 10.1. The fourth-order valence-corrected chi connectivity index (χ4v) is 1.71. The van der Waals surface area contributed by atoms with E-state index in [1.165, 1.54) is 42.5 Å². The molecule has 0 saturated carbocycles. The van der Waals surface area contributed by atoms with E-state index in [9.17, 15) is 22.4 Å². The Bertz CT molecular complexity index is 690. The average Bonchev–Trinajstić information content (AvgIpc) is 2.47. The quantitative estimate of drug-likeness (QED) is 0.656. The predicted octanol–water partition coefficient (Wildman–Crippen LogP) is 4.50. The third-order valence-corrected chi connectivity index (χ3v) is 2.75. The number of benzene rings is 2. The highest BCUT2D eigenvalue weighted by Gasteiger charge is 2.30. The number of hydrogen-bond acceptors (Lipinski definition) is 1. The molecule has 0 bridgehead atoms. The maximum atomic E-state index is 12.7. The molecule has 0 fully saturated rings. The van der Waals surface area contributed by atoms with Crippen molar-refractivity contribution in [2.45, 2.75) is 6.18 Å². The molecule has 2 nitrogen and oxygen atoms in total. The smallest absolute Gasteiger partial charge is 0.323 e. The van der Waals surface area contributed by atoms with Gasteiger partial charge in [-0.3, -0.25) is 4.79 Å². The first-order valence-electron chi connectivity index (χ1n) is 6.26. The summed E-state index contributed by atoms with van der Waals surface area (Å²) in [6.07, 6.45) is -2.05. The molecular weight excluding hydrogens is 298 g/mol. The fourth-order valence-electron chi connectivity index (χ4n) is 1.71. The average molecular weight is 309 g/mol. The molecule has 2 aromatic carbocycles. The molecule has 114 valence electrons. The Morgan fingerprint density at radius 2 is 1.73 bits per heavy atom. The Morgan fingerprint density at radius 3 is 2.36 bits per heavy atom. The molecule has 0 aliphatic heterocycles. The van der Waals surface area contributed by atoms with Crippen LogP contribution in [0.4, 0.5) is 23.2 Å². The number of carbonyl (C=O) groups is 1. The van der Waals surface area contributed by atoms with Crippen molar-refractivity contribution >= 4 is 17.7 Å². The number of anilines is 1. The fraction of sp³-hybridized carbons (Fsp3) is 0.0625. The van der Waals surface area contributed by atoms with E-state index in [1.807, 2.05) is 0 Å². The van der Waals surface area contributed by atoms with Gasteiger partial charge in [0.05, 0.1) is 5.56 Å². The Balaban J connectivity index is 2.05. The zero-order chi connectivity index (χ0) is 16.2. The number of carbonyl (C=O) groups excluding carboxylic acids is 1. The van der Waals surface area contributed by atoms with Crippen LogP contribution in [0.2, 0.25) is 0 Å². The highest BCUT2D eigenvalue weighted by molar-refractivity contribution is 6.01. The summed E-state index contributed by atoms with van der Waals surface area (Å²) in [5.41, 5.74) is -0.141. The van der Waals surface area contributed by atoms with Gasteiger partial charge in [-0.1, -0.05) is 12.1 Å². The molecule has 6 heteroatoms. The van der Waals surface area contributed by atoms with Crippen LogP contribution in [0.3, 0.4) is 0 Å². The monoisotopic (exact) mass is 309 g/mol. The number of rotatable bonds is 3. The summed E-state index contributed by atoms with van der Waals surface area (Å²) < 4.78 is 50.4. The van der Waals surface area contributed by atoms with Crippen molar-refractivity contribution in [2.75, 3.05) is 5.32 Å². The first kappa shape index (κ1) is 15.8. The second-order valence-corrected chi connectivity index (χ2v) is 4.45. The van der Waals surface area contributed by atoms with Crippen LogP contribution in [0.25, 0.3) is 6.08 Å². The lowest BCUT2D eigenvalue weighted by Crippen LogP contribution is -2.07. The minimum Gasteiger partial charge on any atom is -0.323 e. The standard InChI is InChI=1S/C16H11F4NO/c17-13-5-7-14(8-6-13)21-15(22)9-4-11-2-1-3-12(10-11)16(18,19)20/h1-10H,(H,21,22). The summed E-state index contributed by atoms with van der Waals surface area (Å²) in [6, 6.07) is 9.75. The molecule has 1 amide bonds. The third-order valence-electron chi connectivity index (χ3n) is 2.75. The molecule has 0 aromatic heterocycles. The first-order chi connectivity index (χ1) is 10.3. The summed E-state index contributed by atoms with van der Waals surface area (Å²) in [6.45, 7) is 0. The summed E-state index contributed by atoms with van der Waals surface area (Å²) in [4.78, 5) is 11.6. The molecule has 22 heavy (non-hydrogen) atoms. The summed E-state index contributed by atoms with van der Waals surface area (Å²) in [7, 11) is 0. The van der Waals surface area contributed by atoms with Crippen LogP contribution in [0.1, 0.15) is 11.1 Å². The minimum absolute atomic E-state index is 0.254. The zero-order valence-corrected chi connectivity index (χ0v) is 11.2. The van der Waals surface area contributed by atoms with Crippen LogP contribution in [-0.4, -0.2) is 5.91 Å². The molecule has 0 saturated heterocycles. The van der Waals surface area contributed by atoms with E-state index in [2.05, 4.69) is 5.32 Å². The van der Waals surface area contributed by atoms with E-state index >= 15 is 0 Å². The van der Waals surface area contributed by atoms with Crippen LogP contribution < -0.4 is 5.32 Å². The van der Waals surface area contributed by atoms with Gasteiger partial charge in [-0.05, 0) is 48.0 Å². The molecule has 0 heterocycles. The van der Waals surface area contributed by atoms with Crippen molar-refractivity contribution in [3.05, 3.63) is 71.6 Å². The Kier molecular flexibility index (Phi) is 4.60. The molecule has 0 aliphatic carbocycles. The van der Waals surface area contributed by atoms with Gasteiger partial charge in [0.25, 0.3) is 0 Å². The van der Waals surface area contributed by atoms with Crippen molar-refractivity contribution in [1.29, 1.82) is 0 Å². The molecule has 0 atom stereocenters. The predicted molar refractivity (Wildman–Crippen MR) is 75.5 cm³/mol. The largest absolute Gasteiger partial charge is 0.416 e. The van der Waals surface area contributed by atoms with Gasteiger partial charge < -0.3 is 5.32 Å². The maximum absolute atomic E-state index is 12.7. The van der Waals surface area contributed by atoms with Crippen LogP contribution in [0.15, 0.2) is 54.6 Å². The van der Waals surface area contributed by atoms with Crippen molar-refractivity contribution in [3.8, 4) is 0 Å². The maximum Gasteiger partial charge on any atom is 0.416 e. The van der Waals surface area contributed by atoms with Crippen LogP contribution in [0.5, 0.6) is 0 Å². The summed E-state index contributed by atoms with van der Waals surface area (Å²) >= 11 is 0. The molecule has 0 spiro atoms. The number of amides is 1. The molecule has 1 N–H and O–H groups in total. The van der Waals surface area contributed by atoms with E-state index in [-0.39, 0.29) is 5.56 Å². The van der Waals surface area contributed by atoms with E-state index in [4.69, 9.17) is 0 Å². The van der Waals surface area contributed by atoms with Gasteiger partial charge >= 0.3 is 6.18 Å². The number of hydrogen-bond donors (Lipinski definition) is 1. The second-order valence-electron chi connectivity index (χ2n) is 4.45. The number of halogens is 4. The number of nitrogens with one attached hydrogen (secondary N) is 1. The van der Waals surface area contributed by atoms with Crippen molar-refractivity contribution < 1.29 is 22.4 Å². The summed E-state index contributed by atoms with van der Waals surface area (Å²) in [5, 5.41) is 2.47. The highest BCUT2D eigenvalue weighted by atomic mass is 19.4. The van der Waals surface area contributed by atoms with Crippen LogP contribution >= 0.6 is 0 Å². The SMILES string of the molecule is O=C(C=Cc1cccc(C(F)(F)F)c1)Nc1ccc(F)cc1. The van der Waals surface area contributed by atoms with E-state index in [1.54, 1.807) is 0 Å². The Morgan fingerprint density at radius 1 is 1.05 bits per heavy atom. The second kappa shape index (κ2) is 6.43. The van der Waals surface area contributed by atoms with E-state index in [0.717, 1.165) is 18.2 Å². The topological polar surface area (TPSA) is 29.1 Å². The van der Waals surface area contributed by atoms with Crippen molar-refractivity contribution in [1.82, 2.24) is 0 Å². The Labute approximate surface area is 124 Å². The molecular formula is C16H11F4NO. The van der Waals surface area contributed by atoms with Crippen molar-refractivity contribution in [2.24, 2.45) is 0 Å². The van der Waals surface area contributed by atoms with Gasteiger partial charge in [0.15, 0.2) is 0 Å². The number of alkyl halides is 3. The highest BCUT2D eigenvalue weighted by Crippen LogP contribution is 2.29. The molecule has 2 aromatic rings. The van der Waals surface area contributed by atoms with Crippen molar-refractivity contribution in [3.63, 3.8) is 0 Å². The normalized spacial score (nSPS) is 11.6. The Hall–Kier alpha value is -2.63. The zero-order valence-electron chi connectivity index (χ0n) is 11.2. The molecule has 2 rings (SSSR count). The molecule has 0 aliphatic rings. The van der Waals surface area contributed by atoms with E-state index < -0.39 is 23.5 Å². The van der Waals surface area contributed by atoms with Gasteiger partial charge in [0.2, 0.25) is 5.91 Å². The van der Waals surface area contributed by atoms with Crippen LogP contribution in [0, 0.1) is 5.82 Å². The van der Waals surface area contributed by atoms with Gasteiger partial charge in [0.1, 0.15) is 5.82 Å². The summed E-state index contributed by atoms with van der Waals surface area (Å²) in [5.74, 6) is -0.957. The van der Waals surface area contributed by atoms with Gasteiger partial charge in [-0.25, -0.2) is 4.39 Å². The first-order valence-corrected chi connectivity index (χ1v) is 6.26. The van der Waals surface area contributed by atoms with Gasteiger partial charge in [0, 0.05) is 11.8 Å². The van der Waals surface area contributed by atoms with Crippen LogP contribution in [-0.2, 0) is 11.0 Å². The minimum atomic E-state index is -4.43. The van der Waals surface area contributed by atoms with E-state index in [0.29, 0.717) is 5.69 Å². The third kappa shape index (κ3) is 4.44. The lowest BCUT2D eigenvalue weighted by molar-refractivity contribution is -0.137. The molecule has 0 radical (unpaired) electrons.